The van der Waals surface area contributed by atoms with Crippen molar-refractivity contribution in [3.8, 4) is 0 Å². The van der Waals surface area contributed by atoms with Gasteiger partial charge in [-0.25, -0.2) is 0 Å². The summed E-state index contributed by atoms with van der Waals surface area (Å²) < 4.78 is 4.66. The Morgan fingerprint density at radius 3 is 2.64 bits per heavy atom. The van der Waals surface area contributed by atoms with Crippen molar-refractivity contribution >= 4 is 17.2 Å². The number of pyridine rings is 1. The maximum atomic E-state index is 11.2. The number of methoxy groups -OCH3 is 1. The number of unbranched alkanes of at least 4 members (excludes halogenated alkanes) is 1. The number of carbonyl (C=O) groups is 1. The number of esters is 1. The molecule has 4 heteroatoms. The SMILES string of the molecule is COC(=O)CCCC=C(c1ccc(N)cc1)c1cccnc1. The Morgan fingerprint density at radius 2 is 2.00 bits per heavy atom. The van der Waals surface area contributed by atoms with Crippen LogP contribution in [0.5, 0.6) is 0 Å². The number of rotatable bonds is 6. The van der Waals surface area contributed by atoms with Crippen LogP contribution in [0.1, 0.15) is 30.4 Å². The van der Waals surface area contributed by atoms with Gasteiger partial charge in [0.05, 0.1) is 7.11 Å². The maximum Gasteiger partial charge on any atom is 0.305 e. The second kappa shape index (κ2) is 7.98. The number of nitrogens with zero attached hydrogens (tertiary/aromatic N) is 1. The van der Waals surface area contributed by atoms with Crippen LogP contribution < -0.4 is 5.73 Å². The normalized spacial score (nSPS) is 11.2. The summed E-state index contributed by atoms with van der Waals surface area (Å²) in [5, 5.41) is 0. The third-order valence-corrected chi connectivity index (χ3v) is 3.36. The molecule has 1 heterocycles. The molecule has 0 amide bonds. The van der Waals surface area contributed by atoms with Crippen LogP contribution in [0, 0.1) is 0 Å². The number of allylic oxidation sites excluding steroid dienone is 1. The second-order valence-electron chi connectivity index (χ2n) is 4.95. The summed E-state index contributed by atoms with van der Waals surface area (Å²) in [5.74, 6) is -0.177. The highest BCUT2D eigenvalue weighted by Gasteiger charge is 2.05. The van der Waals surface area contributed by atoms with Crippen LogP contribution in [0.3, 0.4) is 0 Å². The molecular weight excluding hydrogens is 276 g/mol. The minimum Gasteiger partial charge on any atom is -0.469 e. The highest BCUT2D eigenvalue weighted by atomic mass is 16.5. The lowest BCUT2D eigenvalue weighted by Gasteiger charge is -2.09. The number of aromatic nitrogens is 1. The number of nitrogens with two attached hydrogens (primary N) is 1. The summed E-state index contributed by atoms with van der Waals surface area (Å²) in [5.41, 5.74) is 9.71. The molecular formula is C18H20N2O2. The van der Waals surface area contributed by atoms with Crippen molar-refractivity contribution in [1.29, 1.82) is 0 Å². The zero-order valence-electron chi connectivity index (χ0n) is 12.7. The molecule has 0 aliphatic rings. The number of hydrogen-bond donors (Lipinski definition) is 1. The van der Waals surface area contributed by atoms with Crippen molar-refractivity contribution in [2.24, 2.45) is 0 Å². The monoisotopic (exact) mass is 296 g/mol. The van der Waals surface area contributed by atoms with Gasteiger partial charge in [-0.05, 0) is 42.2 Å². The van der Waals surface area contributed by atoms with E-state index in [1.165, 1.54) is 7.11 Å². The summed E-state index contributed by atoms with van der Waals surface area (Å²) >= 11 is 0. The van der Waals surface area contributed by atoms with Crippen molar-refractivity contribution in [2.75, 3.05) is 12.8 Å². The van der Waals surface area contributed by atoms with E-state index in [2.05, 4.69) is 15.8 Å². The number of hydrogen-bond acceptors (Lipinski definition) is 4. The van der Waals surface area contributed by atoms with Crippen molar-refractivity contribution in [2.45, 2.75) is 19.3 Å². The average molecular weight is 296 g/mol. The molecule has 22 heavy (non-hydrogen) atoms. The first-order valence-electron chi connectivity index (χ1n) is 7.24. The second-order valence-corrected chi connectivity index (χ2v) is 4.95. The van der Waals surface area contributed by atoms with Crippen LogP contribution in [-0.2, 0) is 9.53 Å². The van der Waals surface area contributed by atoms with Gasteiger partial charge in [0.1, 0.15) is 0 Å². The van der Waals surface area contributed by atoms with E-state index in [0.29, 0.717) is 6.42 Å². The zero-order valence-corrected chi connectivity index (χ0v) is 12.7. The predicted molar refractivity (Wildman–Crippen MR) is 88.0 cm³/mol. The third kappa shape index (κ3) is 4.45. The molecule has 1 aromatic heterocycles. The van der Waals surface area contributed by atoms with Crippen molar-refractivity contribution < 1.29 is 9.53 Å². The molecule has 1 aromatic carbocycles. The molecule has 0 aliphatic heterocycles. The molecule has 2 aromatic rings. The fourth-order valence-electron chi connectivity index (χ4n) is 2.18. The molecule has 0 unspecified atom stereocenters. The Balaban J connectivity index is 2.18. The fraction of sp³-hybridized carbons (Fsp3) is 0.222. The average Bonchev–Trinajstić information content (AvgIpc) is 2.56. The fourth-order valence-corrected chi connectivity index (χ4v) is 2.18. The van der Waals surface area contributed by atoms with E-state index in [0.717, 1.165) is 35.2 Å². The van der Waals surface area contributed by atoms with E-state index < -0.39 is 0 Å². The van der Waals surface area contributed by atoms with Gasteiger partial charge in [0, 0.05) is 30.1 Å². The Labute approximate surface area is 130 Å². The topological polar surface area (TPSA) is 65.2 Å². The van der Waals surface area contributed by atoms with Crippen molar-refractivity contribution in [1.82, 2.24) is 4.98 Å². The molecule has 0 fully saturated rings. The lowest BCUT2D eigenvalue weighted by molar-refractivity contribution is -0.140. The smallest absolute Gasteiger partial charge is 0.305 e. The summed E-state index contributed by atoms with van der Waals surface area (Å²) in [6.45, 7) is 0. The molecule has 0 aliphatic carbocycles. The van der Waals surface area contributed by atoms with E-state index in [-0.39, 0.29) is 5.97 Å². The molecule has 114 valence electrons. The largest absolute Gasteiger partial charge is 0.469 e. The molecule has 0 atom stereocenters. The Hall–Kier alpha value is -2.62. The summed E-state index contributed by atoms with van der Waals surface area (Å²) in [4.78, 5) is 15.3. The van der Waals surface area contributed by atoms with Crippen LogP contribution >= 0.6 is 0 Å². The first kappa shape index (κ1) is 15.8. The van der Waals surface area contributed by atoms with Crippen molar-refractivity contribution in [3.63, 3.8) is 0 Å². The maximum absolute atomic E-state index is 11.2. The summed E-state index contributed by atoms with van der Waals surface area (Å²) in [7, 11) is 1.41. The zero-order chi connectivity index (χ0) is 15.8. The van der Waals surface area contributed by atoms with E-state index in [9.17, 15) is 4.79 Å². The third-order valence-electron chi connectivity index (χ3n) is 3.36. The van der Waals surface area contributed by atoms with E-state index in [1.807, 2.05) is 42.6 Å². The van der Waals surface area contributed by atoms with Crippen LogP contribution in [0.2, 0.25) is 0 Å². The summed E-state index contributed by atoms with van der Waals surface area (Å²) in [6, 6.07) is 11.7. The lowest BCUT2D eigenvalue weighted by Crippen LogP contribution is -1.99. The Bertz CT molecular complexity index is 634. The first-order chi connectivity index (χ1) is 10.7. The van der Waals surface area contributed by atoms with Crippen LogP contribution in [0.15, 0.2) is 54.9 Å². The van der Waals surface area contributed by atoms with E-state index >= 15 is 0 Å². The standard InChI is InChI=1S/C18H20N2O2/c1-22-18(21)7-3-2-6-17(15-5-4-12-20-13-15)14-8-10-16(19)11-9-14/h4-6,8-13H,2-3,7,19H2,1H3. The van der Waals surface area contributed by atoms with E-state index in [4.69, 9.17) is 5.73 Å². The van der Waals surface area contributed by atoms with Gasteiger partial charge in [-0.2, -0.15) is 0 Å². The number of nitrogen functional groups attached to an aromatic ring is 1. The van der Waals surface area contributed by atoms with Crippen LogP contribution in [-0.4, -0.2) is 18.1 Å². The predicted octanol–water partition coefficient (Wildman–Crippen LogP) is 3.44. The van der Waals surface area contributed by atoms with Gasteiger partial charge in [-0.15, -0.1) is 0 Å². The first-order valence-corrected chi connectivity index (χ1v) is 7.24. The van der Waals surface area contributed by atoms with Gasteiger partial charge in [-0.1, -0.05) is 24.3 Å². The number of benzene rings is 1. The van der Waals surface area contributed by atoms with Crippen molar-refractivity contribution in [3.05, 3.63) is 66.0 Å². The van der Waals surface area contributed by atoms with Gasteiger partial charge in [0.15, 0.2) is 0 Å². The molecule has 0 radical (unpaired) electrons. The lowest BCUT2D eigenvalue weighted by atomic mass is 9.97. The van der Waals surface area contributed by atoms with Crippen LogP contribution in [0.4, 0.5) is 5.69 Å². The quantitative estimate of drug-likeness (QED) is 0.504. The van der Waals surface area contributed by atoms with Crippen LogP contribution in [0.25, 0.3) is 5.57 Å². The van der Waals surface area contributed by atoms with Gasteiger partial charge in [0.2, 0.25) is 0 Å². The van der Waals surface area contributed by atoms with Gasteiger partial charge in [-0.3, -0.25) is 9.78 Å². The molecule has 0 bridgehead atoms. The highest BCUT2D eigenvalue weighted by molar-refractivity contribution is 5.80. The Morgan fingerprint density at radius 1 is 1.23 bits per heavy atom. The molecule has 4 nitrogen and oxygen atoms in total. The summed E-state index contributed by atoms with van der Waals surface area (Å²) in [6.07, 6.45) is 7.69. The van der Waals surface area contributed by atoms with E-state index in [1.54, 1.807) is 6.20 Å². The van der Waals surface area contributed by atoms with Gasteiger partial charge < -0.3 is 10.5 Å². The van der Waals surface area contributed by atoms with Gasteiger partial charge >= 0.3 is 5.97 Å². The minimum atomic E-state index is -0.177. The highest BCUT2D eigenvalue weighted by Crippen LogP contribution is 2.24. The molecule has 2 N–H and O–H groups in total. The number of anilines is 1. The number of ether oxygens (including phenoxy) is 1. The Kier molecular flexibility index (Phi) is 5.72. The molecule has 2 rings (SSSR count). The number of carbonyl (C=O) groups excluding carboxylic acids is 1. The minimum absolute atomic E-state index is 0.177. The molecule has 0 spiro atoms. The van der Waals surface area contributed by atoms with Gasteiger partial charge in [0.25, 0.3) is 0 Å². The molecule has 0 saturated carbocycles. The molecule has 0 saturated heterocycles.